The summed E-state index contributed by atoms with van der Waals surface area (Å²) in [6.07, 6.45) is 2.62. The highest BCUT2D eigenvalue weighted by molar-refractivity contribution is 5.96. The van der Waals surface area contributed by atoms with Crippen molar-refractivity contribution in [3.63, 3.8) is 0 Å². The number of nitrogen functional groups attached to an aromatic ring is 1. The first-order chi connectivity index (χ1) is 10.1. The van der Waals surface area contributed by atoms with Crippen molar-refractivity contribution in [1.82, 2.24) is 9.78 Å². The van der Waals surface area contributed by atoms with Crippen LogP contribution in [0.2, 0.25) is 0 Å². The second-order valence-electron chi connectivity index (χ2n) is 4.65. The fourth-order valence-corrected chi connectivity index (χ4v) is 2.03. The van der Waals surface area contributed by atoms with Crippen LogP contribution in [0.1, 0.15) is 23.0 Å². The number of carbonyl (C=O) groups is 1. The summed E-state index contributed by atoms with van der Waals surface area (Å²) in [6, 6.07) is 7.26. The van der Waals surface area contributed by atoms with E-state index in [0.29, 0.717) is 17.9 Å². The van der Waals surface area contributed by atoms with Crippen LogP contribution in [0.4, 0.5) is 11.4 Å². The fraction of sp³-hybridized carbons (Fsp3) is 0.333. The molecule has 0 amide bonds. The van der Waals surface area contributed by atoms with Gasteiger partial charge in [-0.1, -0.05) is 0 Å². The Morgan fingerprint density at radius 2 is 2.24 bits per heavy atom. The highest BCUT2D eigenvalue weighted by Crippen LogP contribution is 2.19. The van der Waals surface area contributed by atoms with E-state index >= 15 is 0 Å². The van der Waals surface area contributed by atoms with Crippen LogP contribution in [0, 0.1) is 0 Å². The van der Waals surface area contributed by atoms with Crippen molar-refractivity contribution in [3.8, 4) is 0 Å². The van der Waals surface area contributed by atoms with Gasteiger partial charge in [-0.2, -0.15) is 5.10 Å². The number of aryl methyl sites for hydroxylation is 1. The number of carbonyl (C=O) groups excluding carboxylic acids is 1. The zero-order valence-electron chi connectivity index (χ0n) is 12.3. The van der Waals surface area contributed by atoms with E-state index in [1.807, 2.05) is 23.9 Å². The molecule has 0 radical (unpaired) electrons. The van der Waals surface area contributed by atoms with Crippen molar-refractivity contribution in [2.45, 2.75) is 13.3 Å². The van der Waals surface area contributed by atoms with E-state index in [1.54, 1.807) is 25.3 Å². The Labute approximate surface area is 123 Å². The molecule has 1 aromatic heterocycles. The van der Waals surface area contributed by atoms with Crippen LogP contribution in [0.25, 0.3) is 0 Å². The van der Waals surface area contributed by atoms with E-state index < -0.39 is 5.97 Å². The van der Waals surface area contributed by atoms with Crippen LogP contribution in [0.15, 0.2) is 30.5 Å². The van der Waals surface area contributed by atoms with E-state index in [2.05, 4.69) is 10.4 Å². The van der Waals surface area contributed by atoms with Crippen molar-refractivity contribution in [2.75, 3.05) is 24.2 Å². The first kappa shape index (κ1) is 14.9. The fourth-order valence-electron chi connectivity index (χ4n) is 2.03. The maximum Gasteiger partial charge on any atom is 0.340 e. The molecule has 21 heavy (non-hydrogen) atoms. The normalized spacial score (nSPS) is 10.4. The topological polar surface area (TPSA) is 82.2 Å². The number of nitrogens with zero attached hydrogens (tertiary/aromatic N) is 2. The van der Waals surface area contributed by atoms with Crippen LogP contribution in [-0.2, 0) is 18.2 Å². The smallest absolute Gasteiger partial charge is 0.340 e. The summed E-state index contributed by atoms with van der Waals surface area (Å²) in [6.45, 7) is 2.84. The standard InChI is InChI=1S/C15H20N4O2/c1-3-21-15(20)13-10-11(4-5-14(13)16)17-8-6-12-7-9-18-19(12)2/h4-5,7,9-10,17H,3,6,8,16H2,1-2H3. The van der Waals surface area contributed by atoms with Gasteiger partial charge in [0, 0.05) is 43.3 Å². The number of aromatic nitrogens is 2. The van der Waals surface area contributed by atoms with Crippen LogP contribution in [0.5, 0.6) is 0 Å². The van der Waals surface area contributed by atoms with Crippen LogP contribution in [0.3, 0.4) is 0 Å². The average Bonchev–Trinajstić information content (AvgIpc) is 2.86. The zero-order chi connectivity index (χ0) is 15.2. The molecule has 0 unspecified atom stereocenters. The van der Waals surface area contributed by atoms with Gasteiger partial charge in [0.1, 0.15) is 0 Å². The third-order valence-corrected chi connectivity index (χ3v) is 3.18. The predicted molar refractivity (Wildman–Crippen MR) is 82.2 cm³/mol. The summed E-state index contributed by atoms with van der Waals surface area (Å²) < 4.78 is 6.83. The molecule has 6 nitrogen and oxygen atoms in total. The summed E-state index contributed by atoms with van der Waals surface area (Å²) in [5.74, 6) is -0.398. The second-order valence-corrected chi connectivity index (χ2v) is 4.65. The molecule has 0 spiro atoms. The number of anilines is 2. The molecule has 0 saturated heterocycles. The van der Waals surface area contributed by atoms with Gasteiger partial charge in [0.2, 0.25) is 0 Å². The molecule has 0 atom stereocenters. The monoisotopic (exact) mass is 288 g/mol. The molecular formula is C15H20N4O2. The highest BCUT2D eigenvalue weighted by Gasteiger charge is 2.11. The molecule has 3 N–H and O–H groups in total. The van der Waals surface area contributed by atoms with Crippen molar-refractivity contribution in [2.24, 2.45) is 7.05 Å². The van der Waals surface area contributed by atoms with Crippen LogP contribution in [-0.4, -0.2) is 28.9 Å². The molecule has 6 heteroatoms. The predicted octanol–water partition coefficient (Wildman–Crippen LogP) is 1.83. The summed E-state index contributed by atoms with van der Waals surface area (Å²) in [5, 5.41) is 7.39. The van der Waals surface area contributed by atoms with Gasteiger partial charge < -0.3 is 15.8 Å². The Balaban J connectivity index is 1.99. The lowest BCUT2D eigenvalue weighted by atomic mass is 10.1. The Hall–Kier alpha value is -2.50. The van der Waals surface area contributed by atoms with E-state index in [9.17, 15) is 4.79 Å². The molecule has 0 bridgehead atoms. The van der Waals surface area contributed by atoms with Gasteiger partial charge >= 0.3 is 5.97 Å². The maximum absolute atomic E-state index is 11.8. The van der Waals surface area contributed by atoms with E-state index in [4.69, 9.17) is 10.5 Å². The van der Waals surface area contributed by atoms with Crippen LogP contribution >= 0.6 is 0 Å². The Morgan fingerprint density at radius 3 is 2.90 bits per heavy atom. The summed E-state index contributed by atoms with van der Waals surface area (Å²) in [4.78, 5) is 11.8. The van der Waals surface area contributed by atoms with Crippen molar-refractivity contribution >= 4 is 17.3 Å². The quantitative estimate of drug-likeness (QED) is 0.626. The molecule has 1 aromatic carbocycles. The second kappa shape index (κ2) is 6.78. The summed E-state index contributed by atoms with van der Waals surface area (Å²) in [5.41, 5.74) is 8.60. The van der Waals surface area contributed by atoms with Crippen molar-refractivity contribution in [1.29, 1.82) is 0 Å². The molecule has 2 aromatic rings. The van der Waals surface area contributed by atoms with Gasteiger partial charge in [-0.15, -0.1) is 0 Å². The van der Waals surface area contributed by atoms with Crippen LogP contribution < -0.4 is 11.1 Å². The zero-order valence-corrected chi connectivity index (χ0v) is 12.3. The molecule has 0 aliphatic heterocycles. The third-order valence-electron chi connectivity index (χ3n) is 3.18. The first-order valence-corrected chi connectivity index (χ1v) is 6.89. The molecule has 2 rings (SSSR count). The number of rotatable bonds is 6. The molecule has 112 valence electrons. The number of hydrogen-bond acceptors (Lipinski definition) is 5. The lowest BCUT2D eigenvalue weighted by Crippen LogP contribution is -2.11. The first-order valence-electron chi connectivity index (χ1n) is 6.89. The average molecular weight is 288 g/mol. The highest BCUT2D eigenvalue weighted by atomic mass is 16.5. The number of esters is 1. The summed E-state index contributed by atoms with van der Waals surface area (Å²) >= 11 is 0. The molecule has 0 aliphatic carbocycles. The Kier molecular flexibility index (Phi) is 4.81. The van der Waals surface area contributed by atoms with E-state index in [-0.39, 0.29) is 0 Å². The van der Waals surface area contributed by atoms with Crippen molar-refractivity contribution < 1.29 is 9.53 Å². The third kappa shape index (κ3) is 3.75. The molecule has 0 fully saturated rings. The van der Waals surface area contributed by atoms with Crippen molar-refractivity contribution in [3.05, 3.63) is 41.7 Å². The van der Waals surface area contributed by atoms with E-state index in [0.717, 1.165) is 24.3 Å². The Morgan fingerprint density at radius 1 is 1.43 bits per heavy atom. The van der Waals surface area contributed by atoms with E-state index in [1.165, 1.54) is 0 Å². The lowest BCUT2D eigenvalue weighted by molar-refractivity contribution is 0.0527. The molecule has 1 heterocycles. The van der Waals surface area contributed by atoms with Gasteiger partial charge in [0.25, 0.3) is 0 Å². The number of benzene rings is 1. The number of nitrogens with one attached hydrogen (secondary N) is 1. The number of hydrogen-bond donors (Lipinski definition) is 2. The van der Waals surface area contributed by atoms with Gasteiger partial charge in [-0.3, -0.25) is 4.68 Å². The van der Waals surface area contributed by atoms with Gasteiger partial charge in [0.15, 0.2) is 0 Å². The minimum Gasteiger partial charge on any atom is -0.462 e. The molecule has 0 aliphatic rings. The Bertz CT molecular complexity index is 622. The van der Waals surface area contributed by atoms with Gasteiger partial charge in [0.05, 0.1) is 12.2 Å². The number of nitrogens with two attached hydrogens (primary N) is 1. The SMILES string of the molecule is CCOC(=O)c1cc(NCCc2ccnn2C)ccc1N. The molecular weight excluding hydrogens is 268 g/mol. The summed E-state index contributed by atoms with van der Waals surface area (Å²) in [7, 11) is 1.91. The maximum atomic E-state index is 11.8. The van der Waals surface area contributed by atoms with Gasteiger partial charge in [-0.25, -0.2) is 4.79 Å². The lowest BCUT2D eigenvalue weighted by Gasteiger charge is -2.10. The largest absolute Gasteiger partial charge is 0.462 e. The van der Waals surface area contributed by atoms with Gasteiger partial charge in [-0.05, 0) is 31.2 Å². The number of ether oxygens (including phenoxy) is 1. The molecule has 0 saturated carbocycles. The minimum atomic E-state index is -0.398. The minimum absolute atomic E-state index is 0.330.